The Morgan fingerprint density at radius 3 is 2.27 bits per heavy atom. The maximum Gasteiger partial charge on any atom is 0.336 e. The summed E-state index contributed by atoms with van der Waals surface area (Å²) in [6.45, 7) is 4.63. The number of hydrogen-bond acceptors (Lipinski definition) is 2. The fourth-order valence-corrected chi connectivity index (χ4v) is 5.89. The molecule has 0 heterocycles. The lowest BCUT2D eigenvalue weighted by Gasteiger charge is -2.64. The standard InChI is InChI=1S/C22H24O4/c1-21(2)17-8-13-7-14(9-17)12-22(21,11-13)6-5-15-10-16(19(23)24)3-4-18(15)20(25)26/h3-4,10,13-14,17H,7-9,11-12H2,1-2H3,(H,23,24)(H,25,26). The van der Waals surface area contributed by atoms with Gasteiger partial charge in [-0.2, -0.15) is 0 Å². The second kappa shape index (κ2) is 5.61. The highest BCUT2D eigenvalue weighted by atomic mass is 16.4. The predicted molar refractivity (Wildman–Crippen MR) is 97.0 cm³/mol. The highest BCUT2D eigenvalue weighted by Crippen LogP contribution is 2.68. The van der Waals surface area contributed by atoms with Gasteiger partial charge in [0.05, 0.1) is 11.1 Å². The summed E-state index contributed by atoms with van der Waals surface area (Å²) in [5.74, 6) is 6.61. The van der Waals surface area contributed by atoms with Gasteiger partial charge < -0.3 is 10.2 Å². The van der Waals surface area contributed by atoms with Crippen LogP contribution in [0.3, 0.4) is 0 Å². The number of carboxylic acid groups (broad SMARTS) is 2. The first kappa shape index (κ1) is 17.1. The molecule has 0 spiro atoms. The lowest BCUT2D eigenvalue weighted by atomic mass is 9.40. The Kier molecular flexibility index (Phi) is 3.70. The first-order valence-electron chi connectivity index (χ1n) is 9.36. The molecular weight excluding hydrogens is 328 g/mol. The van der Waals surface area contributed by atoms with Crippen molar-refractivity contribution in [3.63, 3.8) is 0 Å². The van der Waals surface area contributed by atoms with Crippen LogP contribution in [0, 0.1) is 40.4 Å². The molecule has 0 saturated heterocycles. The smallest absolute Gasteiger partial charge is 0.336 e. The minimum absolute atomic E-state index is 0.0732. The average Bonchev–Trinajstić information content (AvgIpc) is 2.57. The van der Waals surface area contributed by atoms with Gasteiger partial charge in [0.25, 0.3) is 0 Å². The van der Waals surface area contributed by atoms with Gasteiger partial charge in [0.2, 0.25) is 0 Å². The number of carbonyl (C=O) groups is 2. The second-order valence-corrected chi connectivity index (χ2v) is 8.97. The van der Waals surface area contributed by atoms with Crippen molar-refractivity contribution in [3.8, 4) is 11.8 Å². The molecule has 5 rings (SSSR count). The Hall–Kier alpha value is -2.28. The van der Waals surface area contributed by atoms with E-state index in [2.05, 4.69) is 25.7 Å². The van der Waals surface area contributed by atoms with Crippen LogP contribution < -0.4 is 0 Å². The summed E-state index contributed by atoms with van der Waals surface area (Å²) >= 11 is 0. The van der Waals surface area contributed by atoms with Gasteiger partial charge in [0.1, 0.15) is 0 Å². The van der Waals surface area contributed by atoms with Crippen molar-refractivity contribution in [2.75, 3.05) is 0 Å². The molecule has 0 aromatic heterocycles. The molecule has 0 aliphatic heterocycles. The quantitative estimate of drug-likeness (QED) is 0.779. The van der Waals surface area contributed by atoms with Crippen LogP contribution in [0.15, 0.2) is 18.2 Å². The molecule has 2 unspecified atom stereocenters. The van der Waals surface area contributed by atoms with Crippen molar-refractivity contribution < 1.29 is 19.8 Å². The Labute approximate surface area is 153 Å². The molecule has 1 aromatic carbocycles. The molecule has 26 heavy (non-hydrogen) atoms. The SMILES string of the molecule is CC1(C)C2CC3CC(C2)CC1(C#Cc1cc(C(=O)O)ccc1C(=O)O)C3. The zero-order valence-corrected chi connectivity index (χ0v) is 15.2. The monoisotopic (exact) mass is 352 g/mol. The fraction of sp³-hybridized carbons (Fsp3) is 0.545. The first-order valence-corrected chi connectivity index (χ1v) is 9.36. The van der Waals surface area contributed by atoms with Crippen molar-refractivity contribution in [2.24, 2.45) is 28.6 Å². The van der Waals surface area contributed by atoms with E-state index in [9.17, 15) is 19.8 Å². The summed E-state index contributed by atoms with van der Waals surface area (Å²) in [7, 11) is 0. The molecule has 4 fully saturated rings. The van der Waals surface area contributed by atoms with Gasteiger partial charge in [0, 0.05) is 11.0 Å². The molecule has 4 aliphatic rings. The van der Waals surface area contributed by atoms with Gasteiger partial charge in [-0.25, -0.2) is 9.59 Å². The average molecular weight is 352 g/mol. The Balaban J connectivity index is 1.79. The van der Waals surface area contributed by atoms with E-state index in [-0.39, 0.29) is 22.0 Å². The molecule has 0 radical (unpaired) electrons. The van der Waals surface area contributed by atoms with Crippen LogP contribution >= 0.6 is 0 Å². The second-order valence-electron chi connectivity index (χ2n) is 8.97. The van der Waals surface area contributed by atoms with E-state index in [1.54, 1.807) is 0 Å². The van der Waals surface area contributed by atoms with Crippen LogP contribution in [0.4, 0.5) is 0 Å². The number of carboxylic acids is 2. The Bertz CT molecular complexity index is 841. The normalized spacial score (nSPS) is 33.4. The molecule has 4 aliphatic carbocycles. The Morgan fingerprint density at radius 1 is 1.04 bits per heavy atom. The molecule has 4 nitrogen and oxygen atoms in total. The summed E-state index contributed by atoms with van der Waals surface area (Å²) in [5, 5.41) is 18.7. The molecular formula is C22H24O4. The van der Waals surface area contributed by atoms with Crippen molar-refractivity contribution in [2.45, 2.75) is 46.0 Å². The third-order valence-corrected chi connectivity index (χ3v) is 7.36. The van der Waals surface area contributed by atoms with Crippen LogP contribution in [0.1, 0.15) is 72.2 Å². The van der Waals surface area contributed by atoms with Crippen LogP contribution in [0.5, 0.6) is 0 Å². The fourth-order valence-electron chi connectivity index (χ4n) is 5.89. The summed E-state index contributed by atoms with van der Waals surface area (Å²) < 4.78 is 0. The van der Waals surface area contributed by atoms with Gasteiger partial charge in [-0.3, -0.25) is 0 Å². The van der Waals surface area contributed by atoms with E-state index < -0.39 is 11.9 Å². The van der Waals surface area contributed by atoms with Gasteiger partial charge in [-0.1, -0.05) is 25.7 Å². The summed E-state index contributed by atoms with van der Waals surface area (Å²) in [6, 6.07) is 4.07. The van der Waals surface area contributed by atoms with Gasteiger partial charge >= 0.3 is 11.9 Å². The Morgan fingerprint density at radius 2 is 1.69 bits per heavy atom. The number of benzene rings is 1. The molecule has 4 heteroatoms. The van der Waals surface area contributed by atoms with E-state index in [0.717, 1.165) is 24.7 Å². The van der Waals surface area contributed by atoms with Gasteiger partial charge in [-0.05, 0) is 73.5 Å². The maximum absolute atomic E-state index is 11.5. The van der Waals surface area contributed by atoms with Crippen LogP contribution in [0.2, 0.25) is 0 Å². The van der Waals surface area contributed by atoms with E-state index in [0.29, 0.717) is 11.5 Å². The molecule has 1 aromatic rings. The first-order chi connectivity index (χ1) is 12.2. The number of rotatable bonds is 2. The van der Waals surface area contributed by atoms with Crippen LogP contribution in [0.25, 0.3) is 0 Å². The maximum atomic E-state index is 11.5. The lowest BCUT2D eigenvalue weighted by Crippen LogP contribution is -2.56. The largest absolute Gasteiger partial charge is 0.478 e. The molecule has 4 bridgehead atoms. The zero-order valence-electron chi connectivity index (χ0n) is 15.2. The lowest BCUT2D eigenvalue weighted by molar-refractivity contribution is -0.127. The van der Waals surface area contributed by atoms with E-state index >= 15 is 0 Å². The molecule has 0 amide bonds. The molecule has 136 valence electrons. The van der Waals surface area contributed by atoms with E-state index in [1.807, 2.05) is 0 Å². The molecule has 2 atom stereocenters. The minimum atomic E-state index is -1.07. The van der Waals surface area contributed by atoms with Crippen molar-refractivity contribution in [1.29, 1.82) is 0 Å². The molecule has 4 saturated carbocycles. The highest BCUT2D eigenvalue weighted by molar-refractivity contribution is 5.94. The van der Waals surface area contributed by atoms with E-state index in [1.165, 1.54) is 37.5 Å². The van der Waals surface area contributed by atoms with Crippen LogP contribution in [-0.2, 0) is 0 Å². The van der Waals surface area contributed by atoms with Crippen molar-refractivity contribution in [1.82, 2.24) is 0 Å². The summed E-state index contributed by atoms with van der Waals surface area (Å²) in [5.41, 5.74) is 0.482. The summed E-state index contributed by atoms with van der Waals surface area (Å²) in [4.78, 5) is 22.8. The van der Waals surface area contributed by atoms with Gasteiger partial charge in [-0.15, -0.1) is 0 Å². The van der Waals surface area contributed by atoms with Crippen molar-refractivity contribution in [3.05, 3.63) is 34.9 Å². The van der Waals surface area contributed by atoms with E-state index in [4.69, 9.17) is 0 Å². The predicted octanol–water partition coefficient (Wildman–Crippen LogP) is 4.29. The topological polar surface area (TPSA) is 74.6 Å². The zero-order chi connectivity index (χ0) is 18.7. The highest BCUT2D eigenvalue weighted by Gasteiger charge is 2.60. The summed E-state index contributed by atoms with van der Waals surface area (Å²) in [6.07, 6.45) is 6.07. The number of hydrogen-bond donors (Lipinski definition) is 2. The van der Waals surface area contributed by atoms with Crippen molar-refractivity contribution >= 4 is 11.9 Å². The molecule has 2 N–H and O–H groups in total. The van der Waals surface area contributed by atoms with Crippen LogP contribution in [-0.4, -0.2) is 22.2 Å². The third-order valence-electron chi connectivity index (χ3n) is 7.36. The van der Waals surface area contributed by atoms with Gasteiger partial charge in [0.15, 0.2) is 0 Å². The number of aromatic carboxylic acids is 2. The third kappa shape index (κ3) is 2.45. The minimum Gasteiger partial charge on any atom is -0.478 e.